The maximum absolute atomic E-state index is 2.64. The van der Waals surface area contributed by atoms with Crippen LogP contribution in [0.4, 0.5) is 0 Å². The van der Waals surface area contributed by atoms with Crippen molar-refractivity contribution in [2.24, 2.45) is 11.3 Å². The maximum Gasteiger partial charge on any atom is 0.0205 e. The predicted octanol–water partition coefficient (Wildman–Crippen LogP) is 8.35. The first-order valence-electron chi connectivity index (χ1n) is 11.9. The smallest absolute Gasteiger partial charge is 0.0205 e. The average molecular weight is 389 g/mol. The molecule has 0 aliphatic heterocycles. The van der Waals surface area contributed by atoms with Crippen molar-refractivity contribution in [3.63, 3.8) is 0 Å². The van der Waals surface area contributed by atoms with Gasteiger partial charge in [0.25, 0.3) is 0 Å². The van der Waals surface area contributed by atoms with Gasteiger partial charge in [-0.1, -0.05) is 62.1 Å². The molecule has 0 radical (unpaired) electrons. The fraction of sp³-hybridized carbons (Fsp3) is 0.586. The van der Waals surface area contributed by atoms with Gasteiger partial charge in [-0.3, -0.25) is 0 Å². The second-order valence-corrected chi connectivity index (χ2v) is 10.5. The quantitative estimate of drug-likeness (QED) is 0.486. The van der Waals surface area contributed by atoms with Gasteiger partial charge in [-0.25, -0.2) is 0 Å². The van der Waals surface area contributed by atoms with E-state index >= 15 is 0 Å². The highest BCUT2D eigenvalue weighted by Crippen LogP contribution is 2.60. The third-order valence-electron chi connectivity index (χ3n) is 9.50. The van der Waals surface area contributed by atoms with Crippen LogP contribution in [-0.2, 0) is 18.3 Å². The minimum Gasteiger partial charge on any atom is -0.0651 e. The molecule has 0 heteroatoms. The molecule has 4 rings (SSSR count). The number of fused-ring (bicyclic) bond motifs is 2. The number of allylic oxidation sites excluding steroid dienone is 5. The zero-order valence-electron chi connectivity index (χ0n) is 20.1. The molecule has 3 aliphatic carbocycles. The summed E-state index contributed by atoms with van der Waals surface area (Å²) in [6.45, 7) is 19.3. The molecule has 0 N–H and O–H groups in total. The Kier molecular flexibility index (Phi) is 5.00. The van der Waals surface area contributed by atoms with Crippen LogP contribution in [0, 0.1) is 11.3 Å². The van der Waals surface area contributed by atoms with Gasteiger partial charge in [0.05, 0.1) is 0 Å². The Hall–Kier alpha value is -1.56. The first kappa shape index (κ1) is 20.7. The molecular weight excluding hydrogens is 348 g/mol. The second kappa shape index (κ2) is 7.00. The minimum atomic E-state index is 0.152. The van der Waals surface area contributed by atoms with Gasteiger partial charge in [0.2, 0.25) is 0 Å². The molecular formula is C29H40. The van der Waals surface area contributed by atoms with Crippen LogP contribution in [0.15, 0.2) is 40.0 Å². The number of hydrogen-bond acceptors (Lipinski definition) is 0. The predicted molar refractivity (Wildman–Crippen MR) is 127 cm³/mol. The topological polar surface area (TPSA) is 0 Å². The number of hydrogen-bond donors (Lipinski definition) is 0. The van der Waals surface area contributed by atoms with Crippen molar-refractivity contribution in [1.82, 2.24) is 0 Å². The third-order valence-corrected chi connectivity index (χ3v) is 9.50. The van der Waals surface area contributed by atoms with Crippen LogP contribution in [0.3, 0.4) is 0 Å². The summed E-state index contributed by atoms with van der Waals surface area (Å²) in [5.41, 5.74) is 14.5. The van der Waals surface area contributed by atoms with Crippen LogP contribution in [0.5, 0.6) is 0 Å². The first-order valence-corrected chi connectivity index (χ1v) is 11.9. The van der Waals surface area contributed by atoms with E-state index in [-0.39, 0.29) is 10.8 Å². The van der Waals surface area contributed by atoms with Crippen molar-refractivity contribution in [2.75, 3.05) is 0 Å². The van der Waals surface area contributed by atoms with Crippen molar-refractivity contribution in [3.05, 3.63) is 62.3 Å². The van der Waals surface area contributed by atoms with Crippen LogP contribution >= 0.6 is 0 Å². The number of benzene rings is 1. The Morgan fingerprint density at radius 2 is 1.45 bits per heavy atom. The van der Waals surface area contributed by atoms with E-state index in [1.807, 2.05) is 0 Å². The largest absolute Gasteiger partial charge is 0.0651 e. The summed E-state index contributed by atoms with van der Waals surface area (Å²) >= 11 is 0. The molecule has 0 saturated heterocycles. The normalized spacial score (nSPS) is 26.6. The summed E-state index contributed by atoms with van der Waals surface area (Å²) in [6, 6.07) is 5.19. The Balaban J connectivity index is 1.90. The van der Waals surface area contributed by atoms with E-state index in [2.05, 4.69) is 73.6 Å². The standard InChI is InChI=1S/C29H40/c1-9-18(2)29(17-28(8)22(6)20(4)21(5)23(28)7)19(3)14-26-15-24-12-10-11-13-25(24)16-27(26)29/h14-16,18H,9-13,17H2,1-8H3. The summed E-state index contributed by atoms with van der Waals surface area (Å²) in [4.78, 5) is 0. The van der Waals surface area contributed by atoms with Crippen molar-refractivity contribution >= 4 is 6.08 Å². The van der Waals surface area contributed by atoms with Crippen LogP contribution in [0.2, 0.25) is 0 Å². The van der Waals surface area contributed by atoms with Gasteiger partial charge < -0.3 is 0 Å². The lowest BCUT2D eigenvalue weighted by atomic mass is 9.57. The lowest BCUT2D eigenvalue weighted by molar-refractivity contribution is 0.242. The summed E-state index contributed by atoms with van der Waals surface area (Å²) in [6.07, 6.45) is 10.2. The molecule has 1 aromatic rings. The Bertz CT molecular complexity index is 924. The maximum atomic E-state index is 2.64. The third kappa shape index (κ3) is 2.77. The molecule has 1 aromatic carbocycles. The van der Waals surface area contributed by atoms with Gasteiger partial charge in [0, 0.05) is 10.8 Å². The fourth-order valence-electron chi connectivity index (χ4n) is 6.79. The molecule has 29 heavy (non-hydrogen) atoms. The fourth-order valence-corrected chi connectivity index (χ4v) is 6.79. The van der Waals surface area contributed by atoms with Gasteiger partial charge >= 0.3 is 0 Å². The Morgan fingerprint density at radius 1 is 0.897 bits per heavy atom. The molecule has 3 aliphatic rings. The van der Waals surface area contributed by atoms with Crippen LogP contribution in [0.25, 0.3) is 6.08 Å². The molecule has 0 aromatic heterocycles. The minimum absolute atomic E-state index is 0.152. The molecule has 0 saturated carbocycles. The molecule has 2 unspecified atom stereocenters. The highest BCUT2D eigenvalue weighted by atomic mass is 14.5. The average Bonchev–Trinajstić information content (AvgIpc) is 3.06. The first-order chi connectivity index (χ1) is 13.7. The zero-order chi connectivity index (χ0) is 21.1. The van der Waals surface area contributed by atoms with Gasteiger partial charge in [-0.15, -0.1) is 0 Å². The summed E-state index contributed by atoms with van der Waals surface area (Å²) in [7, 11) is 0. The van der Waals surface area contributed by atoms with E-state index in [9.17, 15) is 0 Å². The van der Waals surface area contributed by atoms with Gasteiger partial charge in [-0.2, -0.15) is 0 Å². The number of rotatable bonds is 4. The van der Waals surface area contributed by atoms with E-state index in [4.69, 9.17) is 0 Å². The molecule has 0 nitrogen and oxygen atoms in total. The molecule has 0 spiro atoms. The van der Waals surface area contributed by atoms with Crippen molar-refractivity contribution < 1.29 is 0 Å². The van der Waals surface area contributed by atoms with Gasteiger partial charge in [0.15, 0.2) is 0 Å². The highest BCUT2D eigenvalue weighted by Gasteiger charge is 2.50. The number of aryl methyl sites for hydroxylation is 2. The van der Waals surface area contributed by atoms with E-state index in [0.717, 1.165) is 0 Å². The molecule has 2 atom stereocenters. The summed E-state index contributed by atoms with van der Waals surface area (Å²) in [5.74, 6) is 0.639. The lowest BCUT2D eigenvalue weighted by Gasteiger charge is -2.46. The summed E-state index contributed by atoms with van der Waals surface area (Å²) < 4.78 is 0. The molecule has 156 valence electrons. The van der Waals surface area contributed by atoms with Crippen molar-refractivity contribution in [3.8, 4) is 0 Å². The Labute approximate surface area is 179 Å². The molecule has 0 fully saturated rings. The van der Waals surface area contributed by atoms with Crippen molar-refractivity contribution in [1.29, 1.82) is 0 Å². The second-order valence-electron chi connectivity index (χ2n) is 10.5. The van der Waals surface area contributed by atoms with E-state index in [1.165, 1.54) is 55.2 Å². The van der Waals surface area contributed by atoms with Gasteiger partial charge in [0.1, 0.15) is 0 Å². The van der Waals surface area contributed by atoms with E-state index in [0.29, 0.717) is 5.92 Å². The molecule has 0 heterocycles. The lowest BCUT2D eigenvalue weighted by Crippen LogP contribution is -2.39. The van der Waals surface area contributed by atoms with Crippen molar-refractivity contribution in [2.45, 2.75) is 99.3 Å². The molecule has 0 bridgehead atoms. The van der Waals surface area contributed by atoms with Gasteiger partial charge in [-0.05, 0) is 106 Å². The molecule has 0 amide bonds. The van der Waals surface area contributed by atoms with Crippen LogP contribution in [-0.4, -0.2) is 0 Å². The van der Waals surface area contributed by atoms with E-state index < -0.39 is 0 Å². The highest BCUT2D eigenvalue weighted by molar-refractivity contribution is 5.71. The zero-order valence-corrected chi connectivity index (χ0v) is 20.1. The summed E-state index contributed by atoms with van der Waals surface area (Å²) in [5, 5.41) is 0. The van der Waals surface area contributed by atoms with Crippen LogP contribution < -0.4 is 0 Å². The monoisotopic (exact) mass is 388 g/mol. The van der Waals surface area contributed by atoms with Crippen LogP contribution in [0.1, 0.15) is 103 Å². The SMILES string of the molecule is CCC(C)C1(CC2(C)C(C)=C(C)C(C)=C2C)C(C)=Cc2cc3c(cc21)CCCC3. The Morgan fingerprint density at radius 3 is 2.00 bits per heavy atom. The van der Waals surface area contributed by atoms with E-state index in [1.54, 1.807) is 33.4 Å².